The van der Waals surface area contributed by atoms with Crippen LogP contribution < -0.4 is 10.1 Å². The summed E-state index contributed by atoms with van der Waals surface area (Å²) < 4.78 is 9.19. The number of carbonyl (C=O) groups excluding carboxylic acids is 1. The molecule has 0 saturated heterocycles. The van der Waals surface area contributed by atoms with Crippen molar-refractivity contribution in [1.82, 2.24) is 24.9 Å². The van der Waals surface area contributed by atoms with Gasteiger partial charge < -0.3 is 10.1 Å². The van der Waals surface area contributed by atoms with Crippen molar-refractivity contribution in [3.8, 4) is 5.75 Å². The lowest BCUT2D eigenvalue weighted by Gasteiger charge is -2.08. The molecule has 2 aromatic heterocycles. The number of nitrogens with one attached hydrogen (secondary N) is 1. The van der Waals surface area contributed by atoms with Crippen LogP contribution in [-0.2, 0) is 13.3 Å². The van der Waals surface area contributed by atoms with Gasteiger partial charge in [-0.15, -0.1) is 0 Å². The van der Waals surface area contributed by atoms with Crippen LogP contribution in [0.2, 0.25) is 0 Å². The van der Waals surface area contributed by atoms with Gasteiger partial charge >= 0.3 is 0 Å². The monoisotopic (exact) mass is 353 g/mol. The van der Waals surface area contributed by atoms with Crippen LogP contribution in [0.15, 0.2) is 48.9 Å². The molecule has 7 heteroatoms. The Labute approximate surface area is 152 Å². The van der Waals surface area contributed by atoms with E-state index in [0.717, 1.165) is 29.8 Å². The van der Waals surface area contributed by atoms with Gasteiger partial charge in [-0.25, -0.2) is 4.68 Å². The lowest BCUT2D eigenvalue weighted by Crippen LogP contribution is -2.26. The summed E-state index contributed by atoms with van der Waals surface area (Å²) in [7, 11) is 0. The van der Waals surface area contributed by atoms with E-state index >= 15 is 0 Å². The second-order valence-electron chi connectivity index (χ2n) is 6.22. The van der Waals surface area contributed by atoms with Gasteiger partial charge in [-0.2, -0.15) is 10.2 Å². The molecule has 0 aliphatic carbocycles. The molecule has 0 unspecified atom stereocenters. The molecule has 26 heavy (non-hydrogen) atoms. The third-order valence-electron chi connectivity index (χ3n) is 3.84. The highest BCUT2D eigenvalue weighted by Crippen LogP contribution is 2.16. The van der Waals surface area contributed by atoms with Crippen LogP contribution in [0.5, 0.6) is 5.75 Å². The Bertz CT molecular complexity index is 834. The molecular weight excluding hydrogens is 330 g/mol. The Hall–Kier alpha value is -3.09. The van der Waals surface area contributed by atoms with E-state index in [1.54, 1.807) is 23.1 Å². The second kappa shape index (κ2) is 8.33. The Morgan fingerprint density at radius 3 is 2.69 bits per heavy atom. The fourth-order valence-corrected chi connectivity index (χ4v) is 2.68. The Morgan fingerprint density at radius 1 is 1.15 bits per heavy atom. The molecule has 0 spiro atoms. The summed E-state index contributed by atoms with van der Waals surface area (Å²) in [4.78, 5) is 12.1. The van der Waals surface area contributed by atoms with E-state index in [9.17, 15) is 4.79 Å². The number of hydrogen-bond donors (Lipinski definition) is 1. The van der Waals surface area contributed by atoms with Gasteiger partial charge in [0.1, 0.15) is 11.4 Å². The van der Waals surface area contributed by atoms with Gasteiger partial charge in [0.05, 0.1) is 0 Å². The summed E-state index contributed by atoms with van der Waals surface area (Å²) in [5.41, 5.74) is 2.68. The highest BCUT2D eigenvalue weighted by Gasteiger charge is 2.09. The van der Waals surface area contributed by atoms with Gasteiger partial charge in [0.15, 0.2) is 6.73 Å². The molecule has 0 bridgehead atoms. The highest BCUT2D eigenvalue weighted by molar-refractivity contribution is 5.92. The van der Waals surface area contributed by atoms with E-state index in [4.69, 9.17) is 4.74 Å². The number of carbonyl (C=O) groups is 1. The van der Waals surface area contributed by atoms with Gasteiger partial charge in [-0.3, -0.25) is 9.48 Å². The van der Waals surface area contributed by atoms with Crippen LogP contribution in [-0.4, -0.2) is 32.0 Å². The van der Waals surface area contributed by atoms with Crippen molar-refractivity contribution >= 4 is 5.91 Å². The molecule has 0 radical (unpaired) electrons. The Morgan fingerprint density at radius 2 is 1.96 bits per heavy atom. The summed E-state index contributed by atoms with van der Waals surface area (Å²) >= 11 is 0. The molecule has 3 rings (SSSR count). The van der Waals surface area contributed by atoms with Gasteiger partial charge in [0, 0.05) is 31.7 Å². The molecule has 0 saturated carbocycles. The number of benzene rings is 1. The molecular formula is C19H23N5O2. The summed E-state index contributed by atoms with van der Waals surface area (Å²) in [5.74, 6) is 0.609. The van der Waals surface area contributed by atoms with Gasteiger partial charge in [0.25, 0.3) is 5.91 Å². The summed E-state index contributed by atoms with van der Waals surface area (Å²) in [6, 6.07) is 9.61. The van der Waals surface area contributed by atoms with Crippen LogP contribution >= 0.6 is 0 Å². The number of rotatable bonds is 8. The first-order valence-electron chi connectivity index (χ1n) is 8.60. The second-order valence-corrected chi connectivity index (χ2v) is 6.22. The van der Waals surface area contributed by atoms with Crippen LogP contribution in [0.1, 0.15) is 28.0 Å². The van der Waals surface area contributed by atoms with E-state index in [1.807, 2.05) is 42.9 Å². The minimum atomic E-state index is -0.185. The zero-order valence-electron chi connectivity index (χ0n) is 15.1. The van der Waals surface area contributed by atoms with E-state index in [-0.39, 0.29) is 12.6 Å². The first-order chi connectivity index (χ1) is 12.6. The lowest BCUT2D eigenvalue weighted by atomic mass is 10.1. The van der Waals surface area contributed by atoms with Crippen LogP contribution in [0.3, 0.4) is 0 Å². The lowest BCUT2D eigenvalue weighted by molar-refractivity contribution is 0.0945. The third-order valence-corrected chi connectivity index (χ3v) is 3.84. The summed E-state index contributed by atoms with van der Waals surface area (Å²) in [5, 5.41) is 11.3. The quantitative estimate of drug-likeness (QED) is 0.632. The van der Waals surface area contributed by atoms with Crippen molar-refractivity contribution in [3.63, 3.8) is 0 Å². The Balaban J connectivity index is 1.45. The maximum absolute atomic E-state index is 12.1. The largest absolute Gasteiger partial charge is 0.471 e. The predicted molar refractivity (Wildman–Crippen MR) is 97.9 cm³/mol. The van der Waals surface area contributed by atoms with Crippen molar-refractivity contribution in [2.45, 2.75) is 33.5 Å². The highest BCUT2D eigenvalue weighted by atomic mass is 16.5. The zero-order valence-corrected chi connectivity index (χ0v) is 15.1. The van der Waals surface area contributed by atoms with Crippen molar-refractivity contribution in [2.75, 3.05) is 6.54 Å². The molecule has 136 valence electrons. The first-order valence-corrected chi connectivity index (χ1v) is 8.60. The normalized spacial score (nSPS) is 10.7. The zero-order chi connectivity index (χ0) is 18.4. The maximum Gasteiger partial charge on any atom is 0.271 e. The number of aryl methyl sites for hydroxylation is 3. The van der Waals surface area contributed by atoms with Gasteiger partial charge in [0.2, 0.25) is 0 Å². The molecule has 3 aromatic rings. The summed E-state index contributed by atoms with van der Waals surface area (Å²) in [6.07, 6.45) is 6.19. The average Bonchev–Trinajstić information content (AvgIpc) is 3.27. The van der Waals surface area contributed by atoms with Gasteiger partial charge in [-0.1, -0.05) is 6.07 Å². The molecule has 7 nitrogen and oxygen atoms in total. The van der Waals surface area contributed by atoms with E-state index in [2.05, 4.69) is 21.6 Å². The first kappa shape index (κ1) is 17.7. The minimum Gasteiger partial charge on any atom is -0.471 e. The van der Waals surface area contributed by atoms with Crippen molar-refractivity contribution < 1.29 is 9.53 Å². The van der Waals surface area contributed by atoms with E-state index < -0.39 is 0 Å². The van der Waals surface area contributed by atoms with E-state index in [0.29, 0.717) is 12.2 Å². The van der Waals surface area contributed by atoms with Crippen LogP contribution in [0, 0.1) is 13.8 Å². The Kier molecular flexibility index (Phi) is 5.68. The fourth-order valence-electron chi connectivity index (χ4n) is 2.68. The smallest absolute Gasteiger partial charge is 0.271 e. The number of ether oxygens (including phenoxy) is 1. The van der Waals surface area contributed by atoms with Crippen molar-refractivity contribution in [1.29, 1.82) is 0 Å². The minimum absolute atomic E-state index is 0.185. The predicted octanol–water partition coefficient (Wildman–Crippen LogP) is 2.55. The average molecular weight is 353 g/mol. The maximum atomic E-state index is 12.1. The molecule has 0 atom stereocenters. The fraction of sp³-hybridized carbons (Fsp3) is 0.316. The van der Waals surface area contributed by atoms with Gasteiger partial charge in [-0.05, 0) is 55.7 Å². The molecule has 1 N–H and O–H groups in total. The van der Waals surface area contributed by atoms with Crippen LogP contribution in [0.25, 0.3) is 0 Å². The molecule has 0 aliphatic rings. The molecule has 0 aliphatic heterocycles. The molecule has 1 aromatic carbocycles. The van der Waals surface area contributed by atoms with Crippen LogP contribution in [0.4, 0.5) is 0 Å². The topological polar surface area (TPSA) is 74.0 Å². The SMILES string of the molecule is Cc1cc(C)cc(OCn2ccc(C(=O)NCCCn3cccn3)n2)c1. The molecule has 2 heterocycles. The van der Waals surface area contributed by atoms with Crippen molar-refractivity contribution in [2.24, 2.45) is 0 Å². The standard InChI is InChI=1S/C19H23N5O2/c1-15-11-16(2)13-17(12-15)26-14-24-10-5-18(22-24)19(25)20-6-3-8-23-9-4-7-21-23/h4-5,7,9-13H,3,6,8,14H2,1-2H3,(H,20,25). The number of amides is 1. The number of aromatic nitrogens is 4. The molecule has 1 amide bonds. The third kappa shape index (κ3) is 4.95. The van der Waals surface area contributed by atoms with Crippen molar-refractivity contribution in [3.05, 3.63) is 65.7 Å². The number of nitrogens with zero attached hydrogens (tertiary/aromatic N) is 4. The van der Waals surface area contributed by atoms with E-state index in [1.165, 1.54) is 0 Å². The molecule has 0 fully saturated rings. The summed E-state index contributed by atoms with van der Waals surface area (Å²) in [6.45, 7) is 5.66. The number of hydrogen-bond acceptors (Lipinski definition) is 4.